The second-order valence-corrected chi connectivity index (χ2v) is 8.44. The van der Waals surface area contributed by atoms with Crippen LogP contribution in [0.1, 0.15) is 30.0 Å². The largest absolute Gasteiger partial charge is 0.346 e. The summed E-state index contributed by atoms with van der Waals surface area (Å²) in [5.41, 5.74) is 3.51. The fraction of sp³-hybridized carbons (Fsp3) is 0.667. The molecule has 5 nitrogen and oxygen atoms in total. The summed E-state index contributed by atoms with van der Waals surface area (Å²) in [5.74, 6) is 0. The third kappa shape index (κ3) is 2.89. The van der Waals surface area contributed by atoms with E-state index in [-0.39, 0.29) is 0 Å². The monoisotopic (exact) mass is 335 g/mol. The van der Waals surface area contributed by atoms with Gasteiger partial charge in [-0.2, -0.15) is 0 Å². The van der Waals surface area contributed by atoms with Crippen molar-refractivity contribution < 1.29 is 0 Å². The van der Waals surface area contributed by atoms with Gasteiger partial charge in [0.2, 0.25) is 5.13 Å². The summed E-state index contributed by atoms with van der Waals surface area (Å²) in [6.45, 7) is 7.74. The van der Waals surface area contributed by atoms with Crippen molar-refractivity contribution >= 4 is 27.8 Å². The molecule has 4 rings (SSSR count). The number of piperidine rings is 1. The van der Waals surface area contributed by atoms with Gasteiger partial charge >= 0.3 is 0 Å². The summed E-state index contributed by atoms with van der Waals surface area (Å²) in [6, 6.07) is 0. The van der Waals surface area contributed by atoms with Gasteiger partial charge in [-0.1, -0.05) is 11.3 Å². The van der Waals surface area contributed by atoms with Crippen LogP contribution in [0.25, 0.3) is 0 Å². The first kappa shape index (κ1) is 14.5. The number of anilines is 1. The smallest absolute Gasteiger partial charge is 0.208 e. The minimum atomic E-state index is 0.439. The SMILES string of the molecule is Cc1nc(CN2CCC3(CCCN(c4nncs4)C3)C2)cs1. The Morgan fingerprint density at radius 3 is 2.95 bits per heavy atom. The first-order valence-corrected chi connectivity index (χ1v) is 9.63. The Bertz CT molecular complexity index is 626. The highest BCUT2D eigenvalue weighted by Crippen LogP contribution is 2.40. The summed E-state index contributed by atoms with van der Waals surface area (Å²) < 4.78 is 0. The normalized spacial score (nSPS) is 26.1. The standard InChI is InChI=1S/C15H21N5S2/c1-12-17-13(8-21-12)7-19-6-4-15(9-19)3-2-5-20(10-15)14-18-16-11-22-14/h8,11H,2-7,9-10H2,1H3. The lowest BCUT2D eigenvalue weighted by atomic mass is 9.79. The summed E-state index contributed by atoms with van der Waals surface area (Å²) in [6.07, 6.45) is 3.91. The molecule has 1 unspecified atom stereocenters. The molecular weight excluding hydrogens is 314 g/mol. The Morgan fingerprint density at radius 2 is 2.18 bits per heavy atom. The molecule has 118 valence electrons. The second-order valence-electron chi connectivity index (χ2n) is 6.56. The van der Waals surface area contributed by atoms with Crippen LogP contribution in [0, 0.1) is 12.3 Å². The first-order chi connectivity index (χ1) is 10.7. The Hall–Kier alpha value is -1.05. The number of aryl methyl sites for hydroxylation is 1. The molecule has 2 aliphatic heterocycles. The fourth-order valence-corrected chi connectivity index (χ4v) is 5.07. The lowest BCUT2D eigenvalue weighted by Gasteiger charge is -2.40. The molecule has 7 heteroatoms. The molecule has 2 fully saturated rings. The van der Waals surface area contributed by atoms with E-state index in [1.54, 1.807) is 22.7 Å². The van der Waals surface area contributed by atoms with Gasteiger partial charge in [0.05, 0.1) is 10.7 Å². The highest BCUT2D eigenvalue weighted by molar-refractivity contribution is 7.13. The second kappa shape index (κ2) is 5.86. The van der Waals surface area contributed by atoms with Gasteiger partial charge in [0, 0.05) is 37.0 Å². The van der Waals surface area contributed by atoms with Crippen molar-refractivity contribution in [2.75, 3.05) is 31.1 Å². The van der Waals surface area contributed by atoms with Crippen molar-refractivity contribution in [2.45, 2.75) is 32.7 Å². The number of likely N-dealkylation sites (tertiary alicyclic amines) is 1. The van der Waals surface area contributed by atoms with Crippen molar-refractivity contribution in [3.63, 3.8) is 0 Å². The van der Waals surface area contributed by atoms with E-state index in [0.29, 0.717) is 5.41 Å². The van der Waals surface area contributed by atoms with Gasteiger partial charge in [0.25, 0.3) is 0 Å². The molecule has 0 bridgehead atoms. The zero-order chi connectivity index (χ0) is 15.0. The molecule has 4 heterocycles. The number of hydrogen-bond donors (Lipinski definition) is 0. The van der Waals surface area contributed by atoms with Crippen molar-refractivity contribution in [2.24, 2.45) is 5.41 Å². The van der Waals surface area contributed by atoms with E-state index in [2.05, 4.69) is 37.3 Å². The van der Waals surface area contributed by atoms with Gasteiger partial charge in [0.1, 0.15) is 5.51 Å². The molecule has 1 spiro atoms. The van der Waals surface area contributed by atoms with Crippen molar-refractivity contribution in [1.29, 1.82) is 0 Å². The predicted octanol–water partition coefficient (Wildman–Crippen LogP) is 2.80. The van der Waals surface area contributed by atoms with Crippen LogP contribution in [0.3, 0.4) is 0 Å². The van der Waals surface area contributed by atoms with Gasteiger partial charge in [-0.15, -0.1) is 21.5 Å². The highest BCUT2D eigenvalue weighted by Gasteiger charge is 2.41. The van der Waals surface area contributed by atoms with Crippen LogP contribution < -0.4 is 4.90 Å². The van der Waals surface area contributed by atoms with E-state index in [1.807, 2.05) is 5.51 Å². The molecule has 22 heavy (non-hydrogen) atoms. The van der Waals surface area contributed by atoms with Gasteiger partial charge in [-0.05, 0) is 32.7 Å². The number of nitrogens with zero attached hydrogens (tertiary/aromatic N) is 5. The van der Waals surface area contributed by atoms with E-state index < -0.39 is 0 Å². The van der Waals surface area contributed by atoms with E-state index >= 15 is 0 Å². The van der Waals surface area contributed by atoms with Crippen molar-refractivity contribution in [3.05, 3.63) is 21.6 Å². The lowest BCUT2D eigenvalue weighted by Crippen LogP contribution is -2.44. The number of aromatic nitrogens is 3. The molecule has 0 amide bonds. The Kier molecular flexibility index (Phi) is 3.88. The number of rotatable bonds is 3. The Balaban J connectivity index is 1.42. The first-order valence-electron chi connectivity index (χ1n) is 7.87. The summed E-state index contributed by atoms with van der Waals surface area (Å²) in [4.78, 5) is 9.64. The molecule has 2 aromatic heterocycles. The molecule has 0 saturated carbocycles. The van der Waals surface area contributed by atoms with E-state index in [4.69, 9.17) is 0 Å². The van der Waals surface area contributed by atoms with Gasteiger partial charge in [-0.3, -0.25) is 4.90 Å². The average Bonchev–Trinajstić information content (AvgIpc) is 3.23. The van der Waals surface area contributed by atoms with Crippen LogP contribution in [0.5, 0.6) is 0 Å². The highest BCUT2D eigenvalue weighted by atomic mass is 32.1. The van der Waals surface area contributed by atoms with Crippen LogP contribution in [0.15, 0.2) is 10.9 Å². The molecule has 0 aromatic carbocycles. The third-order valence-corrected chi connectivity index (χ3v) is 6.42. The van der Waals surface area contributed by atoms with Crippen LogP contribution in [-0.2, 0) is 6.54 Å². The van der Waals surface area contributed by atoms with E-state index in [9.17, 15) is 0 Å². The quantitative estimate of drug-likeness (QED) is 0.863. The fourth-order valence-electron chi connectivity index (χ4n) is 3.88. The Labute approximate surface area is 139 Å². The van der Waals surface area contributed by atoms with Crippen LogP contribution >= 0.6 is 22.7 Å². The third-order valence-electron chi connectivity index (χ3n) is 4.85. The average molecular weight is 336 g/mol. The minimum absolute atomic E-state index is 0.439. The molecule has 2 aliphatic rings. The molecule has 0 N–H and O–H groups in total. The lowest BCUT2D eigenvalue weighted by molar-refractivity contribution is 0.215. The number of hydrogen-bond acceptors (Lipinski definition) is 7. The molecule has 2 aromatic rings. The van der Waals surface area contributed by atoms with E-state index in [1.165, 1.54) is 43.1 Å². The predicted molar refractivity (Wildman–Crippen MR) is 90.5 cm³/mol. The Morgan fingerprint density at radius 1 is 1.23 bits per heavy atom. The summed E-state index contributed by atoms with van der Waals surface area (Å²) in [7, 11) is 0. The maximum Gasteiger partial charge on any atom is 0.208 e. The van der Waals surface area contributed by atoms with Gasteiger partial charge < -0.3 is 4.90 Å². The van der Waals surface area contributed by atoms with Crippen LogP contribution in [0.4, 0.5) is 5.13 Å². The van der Waals surface area contributed by atoms with E-state index in [0.717, 1.165) is 24.8 Å². The van der Waals surface area contributed by atoms with Gasteiger partial charge in [-0.25, -0.2) is 4.98 Å². The van der Waals surface area contributed by atoms with Crippen molar-refractivity contribution in [3.8, 4) is 0 Å². The maximum absolute atomic E-state index is 4.61. The molecule has 0 aliphatic carbocycles. The number of thiazole rings is 1. The molecule has 2 saturated heterocycles. The van der Waals surface area contributed by atoms with Crippen LogP contribution in [0.2, 0.25) is 0 Å². The zero-order valence-corrected chi connectivity index (χ0v) is 14.5. The topological polar surface area (TPSA) is 45.2 Å². The molecule has 0 radical (unpaired) electrons. The molecule has 1 atom stereocenters. The van der Waals surface area contributed by atoms with Gasteiger partial charge in [0.15, 0.2) is 0 Å². The van der Waals surface area contributed by atoms with Crippen molar-refractivity contribution in [1.82, 2.24) is 20.1 Å². The molecular formula is C15H21N5S2. The minimum Gasteiger partial charge on any atom is -0.346 e. The zero-order valence-electron chi connectivity index (χ0n) is 12.9. The maximum atomic E-state index is 4.61. The van der Waals surface area contributed by atoms with Crippen LogP contribution in [-0.4, -0.2) is 46.3 Å². The summed E-state index contributed by atoms with van der Waals surface area (Å²) in [5, 5.41) is 12.7. The summed E-state index contributed by atoms with van der Waals surface area (Å²) >= 11 is 3.41.